The summed E-state index contributed by atoms with van der Waals surface area (Å²) in [7, 11) is 2.95. The lowest BCUT2D eigenvalue weighted by Crippen LogP contribution is -2.53. The number of methoxy groups -OCH3 is 1. The summed E-state index contributed by atoms with van der Waals surface area (Å²) in [4.78, 5) is 35.4. The first-order chi connectivity index (χ1) is 8.32. The van der Waals surface area contributed by atoms with E-state index in [-0.39, 0.29) is 6.61 Å². The molecule has 1 saturated heterocycles. The zero-order valence-corrected chi connectivity index (χ0v) is 10.8. The molecule has 1 rings (SSSR count). The van der Waals surface area contributed by atoms with Gasteiger partial charge in [-0.3, -0.25) is 14.4 Å². The van der Waals surface area contributed by atoms with Crippen LogP contribution in [0.2, 0.25) is 0 Å². The lowest BCUT2D eigenvalue weighted by Gasteiger charge is -2.33. The molecule has 1 aliphatic heterocycles. The van der Waals surface area contributed by atoms with Crippen molar-refractivity contribution in [1.29, 1.82) is 0 Å². The van der Waals surface area contributed by atoms with Crippen LogP contribution in [-0.4, -0.2) is 50.3 Å². The molecule has 1 unspecified atom stereocenters. The second-order valence-electron chi connectivity index (χ2n) is 4.37. The normalized spacial score (nSPS) is 21.1. The van der Waals surface area contributed by atoms with Crippen LogP contribution in [0.5, 0.6) is 0 Å². The molecule has 7 nitrogen and oxygen atoms in total. The Bertz CT molecular complexity index is 345. The van der Waals surface area contributed by atoms with Crippen LogP contribution in [0, 0.1) is 5.92 Å². The molecule has 18 heavy (non-hydrogen) atoms. The highest BCUT2D eigenvalue weighted by Crippen LogP contribution is 2.24. The zero-order valence-electron chi connectivity index (χ0n) is 10.8. The molecule has 0 aromatic heterocycles. The standard InChI is InChI=1S/C11H17NO6/c1-11(2)17-9(14)7(10(15)18-11)8(13)6(12-3)5-16-4/h6-7,12H,5H2,1-4H3. The van der Waals surface area contributed by atoms with E-state index in [0.29, 0.717) is 0 Å². The van der Waals surface area contributed by atoms with E-state index in [1.54, 1.807) is 0 Å². The average molecular weight is 259 g/mol. The van der Waals surface area contributed by atoms with E-state index < -0.39 is 35.5 Å². The summed E-state index contributed by atoms with van der Waals surface area (Å²) >= 11 is 0. The van der Waals surface area contributed by atoms with Crippen LogP contribution in [0.1, 0.15) is 13.8 Å². The molecule has 0 spiro atoms. The Hall–Kier alpha value is -1.47. The molecule has 0 saturated carbocycles. The first kappa shape index (κ1) is 14.6. The third-order valence-corrected chi connectivity index (χ3v) is 2.47. The van der Waals surface area contributed by atoms with Gasteiger partial charge in [0.1, 0.15) is 0 Å². The fourth-order valence-electron chi connectivity index (χ4n) is 1.63. The Morgan fingerprint density at radius 2 is 1.89 bits per heavy atom. The van der Waals surface area contributed by atoms with Gasteiger partial charge in [-0.25, -0.2) is 0 Å². The number of cyclic esters (lactones) is 2. The van der Waals surface area contributed by atoms with Crippen molar-refractivity contribution in [2.45, 2.75) is 25.7 Å². The SMILES string of the molecule is CNC(COC)C(=O)C1C(=O)OC(C)(C)OC1=O. The zero-order chi connectivity index (χ0) is 13.9. The molecule has 0 amide bonds. The third kappa shape index (κ3) is 3.05. The number of esters is 2. The Kier molecular flexibility index (Phi) is 4.42. The van der Waals surface area contributed by atoms with E-state index in [9.17, 15) is 14.4 Å². The van der Waals surface area contributed by atoms with Gasteiger partial charge < -0.3 is 19.5 Å². The number of hydrogen-bond acceptors (Lipinski definition) is 7. The van der Waals surface area contributed by atoms with E-state index in [2.05, 4.69) is 5.32 Å². The Morgan fingerprint density at radius 1 is 1.39 bits per heavy atom. The van der Waals surface area contributed by atoms with Gasteiger partial charge in [0.05, 0.1) is 12.6 Å². The lowest BCUT2D eigenvalue weighted by atomic mass is 9.97. The summed E-state index contributed by atoms with van der Waals surface area (Å²) in [5.74, 6) is -5.29. The van der Waals surface area contributed by atoms with E-state index in [1.165, 1.54) is 28.0 Å². The summed E-state index contributed by atoms with van der Waals surface area (Å²) in [5.41, 5.74) is 0. The number of rotatable bonds is 5. The van der Waals surface area contributed by atoms with Gasteiger partial charge in [-0.2, -0.15) is 0 Å². The number of carbonyl (C=O) groups is 3. The maximum Gasteiger partial charge on any atom is 0.331 e. The van der Waals surface area contributed by atoms with Gasteiger partial charge in [-0.1, -0.05) is 0 Å². The van der Waals surface area contributed by atoms with Crippen molar-refractivity contribution in [3.05, 3.63) is 0 Å². The van der Waals surface area contributed by atoms with Gasteiger partial charge in [0.2, 0.25) is 5.92 Å². The van der Waals surface area contributed by atoms with Crippen LogP contribution in [0.4, 0.5) is 0 Å². The Morgan fingerprint density at radius 3 is 2.28 bits per heavy atom. The van der Waals surface area contributed by atoms with Crippen molar-refractivity contribution < 1.29 is 28.6 Å². The van der Waals surface area contributed by atoms with Gasteiger partial charge in [0.25, 0.3) is 5.79 Å². The van der Waals surface area contributed by atoms with Crippen LogP contribution in [0.25, 0.3) is 0 Å². The van der Waals surface area contributed by atoms with Crippen molar-refractivity contribution in [2.24, 2.45) is 5.92 Å². The first-order valence-corrected chi connectivity index (χ1v) is 5.48. The number of hydrogen-bond donors (Lipinski definition) is 1. The second-order valence-corrected chi connectivity index (χ2v) is 4.37. The minimum absolute atomic E-state index is 0.0514. The van der Waals surface area contributed by atoms with E-state index >= 15 is 0 Å². The molecule has 0 radical (unpaired) electrons. The van der Waals surface area contributed by atoms with Crippen LogP contribution >= 0.6 is 0 Å². The number of likely N-dealkylation sites (N-methyl/N-ethyl adjacent to an activating group) is 1. The Balaban J connectivity index is 2.85. The molecule has 0 bridgehead atoms. The van der Waals surface area contributed by atoms with Crippen LogP contribution in [0.15, 0.2) is 0 Å². The van der Waals surface area contributed by atoms with Crippen molar-refractivity contribution in [1.82, 2.24) is 5.32 Å². The molecule has 0 aliphatic carbocycles. The summed E-state index contributed by atoms with van der Waals surface area (Å²) in [5, 5.41) is 2.67. The van der Waals surface area contributed by atoms with Crippen molar-refractivity contribution in [2.75, 3.05) is 20.8 Å². The predicted molar refractivity (Wildman–Crippen MR) is 59.5 cm³/mol. The molecule has 1 N–H and O–H groups in total. The first-order valence-electron chi connectivity index (χ1n) is 5.48. The summed E-state index contributed by atoms with van der Waals surface area (Å²) in [6.45, 7) is 2.90. The van der Waals surface area contributed by atoms with Crippen molar-refractivity contribution in [3.63, 3.8) is 0 Å². The van der Waals surface area contributed by atoms with Crippen LogP contribution in [0.3, 0.4) is 0 Å². The molecule has 0 aromatic carbocycles. The predicted octanol–water partition coefficient (Wildman–Crippen LogP) is -0.758. The van der Waals surface area contributed by atoms with E-state index in [0.717, 1.165) is 0 Å². The average Bonchev–Trinajstić information content (AvgIpc) is 2.22. The number of carbonyl (C=O) groups excluding carboxylic acids is 3. The van der Waals surface area contributed by atoms with Crippen molar-refractivity contribution >= 4 is 17.7 Å². The quantitative estimate of drug-likeness (QED) is 0.512. The maximum atomic E-state index is 12.0. The highest BCUT2D eigenvalue weighted by Gasteiger charge is 2.48. The maximum absolute atomic E-state index is 12.0. The highest BCUT2D eigenvalue weighted by atomic mass is 16.7. The monoisotopic (exact) mass is 259 g/mol. The van der Waals surface area contributed by atoms with E-state index in [4.69, 9.17) is 14.2 Å². The highest BCUT2D eigenvalue weighted by molar-refractivity contribution is 6.17. The Labute approximate surface area is 105 Å². The number of ether oxygens (including phenoxy) is 3. The summed E-state index contributed by atoms with van der Waals surface area (Å²) in [6.07, 6.45) is 0. The lowest BCUT2D eigenvalue weighted by molar-refractivity contribution is -0.238. The second kappa shape index (κ2) is 5.45. The fourth-order valence-corrected chi connectivity index (χ4v) is 1.63. The molecule has 7 heteroatoms. The van der Waals surface area contributed by atoms with Crippen LogP contribution in [-0.2, 0) is 28.6 Å². The summed E-state index contributed by atoms with van der Waals surface area (Å²) < 4.78 is 14.6. The minimum atomic E-state index is -1.55. The molecule has 0 aromatic rings. The molecule has 1 heterocycles. The van der Waals surface area contributed by atoms with E-state index in [1.807, 2.05) is 0 Å². The minimum Gasteiger partial charge on any atom is -0.422 e. The summed E-state index contributed by atoms with van der Waals surface area (Å²) in [6, 6.07) is -0.763. The molecule has 102 valence electrons. The van der Waals surface area contributed by atoms with Gasteiger partial charge in [0.15, 0.2) is 5.78 Å². The van der Waals surface area contributed by atoms with Gasteiger partial charge in [0, 0.05) is 21.0 Å². The molecule has 1 fully saturated rings. The molecular weight excluding hydrogens is 242 g/mol. The van der Waals surface area contributed by atoms with Gasteiger partial charge in [-0.05, 0) is 7.05 Å². The van der Waals surface area contributed by atoms with Gasteiger partial charge in [-0.15, -0.1) is 0 Å². The fraction of sp³-hybridized carbons (Fsp3) is 0.727. The molecule has 1 aliphatic rings. The topological polar surface area (TPSA) is 90.9 Å². The molecule has 1 atom stereocenters. The third-order valence-electron chi connectivity index (χ3n) is 2.47. The molecular formula is C11H17NO6. The number of Topliss-reactive ketones (excluding diaryl/α,β-unsaturated/α-hetero) is 1. The van der Waals surface area contributed by atoms with Crippen LogP contribution < -0.4 is 5.32 Å². The van der Waals surface area contributed by atoms with Crippen molar-refractivity contribution in [3.8, 4) is 0 Å². The number of ketones is 1. The smallest absolute Gasteiger partial charge is 0.331 e. The van der Waals surface area contributed by atoms with Gasteiger partial charge >= 0.3 is 11.9 Å². The number of nitrogens with one attached hydrogen (secondary N) is 1. The largest absolute Gasteiger partial charge is 0.422 e.